The van der Waals surface area contributed by atoms with Crippen molar-refractivity contribution in [1.29, 1.82) is 0 Å². The first kappa shape index (κ1) is 21.8. The normalized spacial score (nSPS) is 12.3. The molecule has 1 N–H and O–H groups in total. The van der Waals surface area contributed by atoms with E-state index in [0.29, 0.717) is 5.02 Å². The molecule has 28 heavy (non-hydrogen) atoms. The molecule has 0 aliphatic carbocycles. The Balaban J connectivity index is 1.95. The molecule has 2 rings (SSSR count). The number of ether oxygens (including phenoxy) is 2. The Kier molecular flexibility index (Phi) is 7.11. The second kappa shape index (κ2) is 9.13. The van der Waals surface area contributed by atoms with Crippen LogP contribution in [0.1, 0.15) is 17.3 Å². The first-order valence-electron chi connectivity index (χ1n) is 7.95. The van der Waals surface area contributed by atoms with Crippen molar-refractivity contribution in [2.75, 3.05) is 13.7 Å². The van der Waals surface area contributed by atoms with Gasteiger partial charge in [-0.2, -0.15) is 4.72 Å². The van der Waals surface area contributed by atoms with Crippen LogP contribution in [0.25, 0.3) is 0 Å². The Hall–Kier alpha value is -2.49. The SMILES string of the molecule is COc1ccc(C(=O)COC(=O)C(C)NS(=O)(=O)c2ccc(Cl)cc2)cc1F. The van der Waals surface area contributed by atoms with Gasteiger partial charge in [-0.25, -0.2) is 12.8 Å². The second-order valence-electron chi connectivity index (χ2n) is 5.68. The van der Waals surface area contributed by atoms with Gasteiger partial charge in [-0.3, -0.25) is 9.59 Å². The second-order valence-corrected chi connectivity index (χ2v) is 7.83. The lowest BCUT2D eigenvalue weighted by Crippen LogP contribution is -2.40. The van der Waals surface area contributed by atoms with Gasteiger partial charge in [-0.05, 0) is 49.4 Å². The predicted molar refractivity (Wildman–Crippen MR) is 99.5 cm³/mol. The van der Waals surface area contributed by atoms with Crippen molar-refractivity contribution >= 4 is 33.4 Å². The number of methoxy groups -OCH3 is 1. The highest BCUT2D eigenvalue weighted by Gasteiger charge is 2.24. The van der Waals surface area contributed by atoms with Crippen LogP contribution < -0.4 is 9.46 Å². The average Bonchev–Trinajstić information content (AvgIpc) is 2.65. The summed E-state index contributed by atoms with van der Waals surface area (Å²) in [5, 5.41) is 0.361. The Bertz CT molecular complexity index is 978. The maximum atomic E-state index is 13.6. The van der Waals surface area contributed by atoms with Crippen LogP contribution in [-0.4, -0.2) is 39.9 Å². The maximum Gasteiger partial charge on any atom is 0.324 e. The molecule has 0 radical (unpaired) electrons. The molecule has 2 aromatic carbocycles. The summed E-state index contributed by atoms with van der Waals surface area (Å²) >= 11 is 5.71. The van der Waals surface area contributed by atoms with Gasteiger partial charge in [0.05, 0.1) is 12.0 Å². The van der Waals surface area contributed by atoms with E-state index in [1.807, 2.05) is 0 Å². The largest absolute Gasteiger partial charge is 0.494 e. The molecule has 0 aliphatic rings. The molecule has 1 atom stereocenters. The Labute approximate surface area is 166 Å². The first-order chi connectivity index (χ1) is 13.1. The molecule has 0 saturated heterocycles. The van der Waals surface area contributed by atoms with Gasteiger partial charge < -0.3 is 9.47 Å². The molecule has 150 valence electrons. The van der Waals surface area contributed by atoms with E-state index in [1.165, 1.54) is 50.4 Å². The van der Waals surface area contributed by atoms with Crippen molar-refractivity contribution in [1.82, 2.24) is 4.72 Å². The van der Waals surface area contributed by atoms with Gasteiger partial charge in [0.15, 0.2) is 24.0 Å². The fourth-order valence-corrected chi connectivity index (χ4v) is 3.47. The number of ketones is 1. The van der Waals surface area contributed by atoms with Crippen LogP contribution in [0, 0.1) is 5.82 Å². The fourth-order valence-electron chi connectivity index (χ4n) is 2.15. The Morgan fingerprint density at radius 2 is 1.82 bits per heavy atom. The topological polar surface area (TPSA) is 98.8 Å². The fraction of sp³-hybridized carbons (Fsp3) is 0.222. The number of nitrogens with one attached hydrogen (secondary N) is 1. The highest BCUT2D eigenvalue weighted by atomic mass is 35.5. The highest BCUT2D eigenvalue weighted by Crippen LogP contribution is 2.18. The zero-order valence-electron chi connectivity index (χ0n) is 14.9. The van der Waals surface area contributed by atoms with E-state index in [2.05, 4.69) is 4.72 Å². The van der Waals surface area contributed by atoms with E-state index in [-0.39, 0.29) is 16.2 Å². The number of hydrogen-bond donors (Lipinski definition) is 1. The van der Waals surface area contributed by atoms with Crippen LogP contribution in [-0.2, 0) is 19.6 Å². The zero-order valence-corrected chi connectivity index (χ0v) is 16.5. The number of sulfonamides is 1. The molecule has 0 aromatic heterocycles. The van der Waals surface area contributed by atoms with Crippen molar-refractivity contribution in [2.24, 2.45) is 0 Å². The minimum Gasteiger partial charge on any atom is -0.494 e. The van der Waals surface area contributed by atoms with Gasteiger partial charge in [0.2, 0.25) is 10.0 Å². The highest BCUT2D eigenvalue weighted by molar-refractivity contribution is 7.89. The number of esters is 1. The van der Waals surface area contributed by atoms with Crippen LogP contribution in [0.2, 0.25) is 5.02 Å². The third-order valence-electron chi connectivity index (χ3n) is 3.63. The smallest absolute Gasteiger partial charge is 0.324 e. The van der Waals surface area contributed by atoms with Crippen LogP contribution in [0.15, 0.2) is 47.4 Å². The van der Waals surface area contributed by atoms with Crippen molar-refractivity contribution in [3.8, 4) is 5.75 Å². The summed E-state index contributed by atoms with van der Waals surface area (Å²) in [6.07, 6.45) is 0. The lowest BCUT2D eigenvalue weighted by atomic mass is 10.1. The van der Waals surface area contributed by atoms with Gasteiger partial charge in [0.1, 0.15) is 6.04 Å². The van der Waals surface area contributed by atoms with Gasteiger partial charge in [0, 0.05) is 10.6 Å². The van der Waals surface area contributed by atoms with Crippen LogP contribution >= 0.6 is 11.6 Å². The predicted octanol–water partition coefficient (Wildman–Crippen LogP) is 2.58. The number of carbonyl (C=O) groups excluding carboxylic acids is 2. The summed E-state index contributed by atoms with van der Waals surface area (Å²) in [7, 11) is -2.70. The molecule has 2 aromatic rings. The number of benzene rings is 2. The third-order valence-corrected chi connectivity index (χ3v) is 5.44. The Morgan fingerprint density at radius 1 is 1.18 bits per heavy atom. The lowest BCUT2D eigenvalue weighted by Gasteiger charge is -2.13. The van der Waals surface area contributed by atoms with Crippen LogP contribution in [0.4, 0.5) is 4.39 Å². The van der Waals surface area contributed by atoms with Crippen molar-refractivity contribution < 1.29 is 31.9 Å². The van der Waals surface area contributed by atoms with Gasteiger partial charge in [-0.15, -0.1) is 0 Å². The molecule has 0 heterocycles. The van der Waals surface area contributed by atoms with E-state index in [0.717, 1.165) is 6.07 Å². The number of hydrogen-bond acceptors (Lipinski definition) is 6. The van der Waals surface area contributed by atoms with Crippen LogP contribution in [0.5, 0.6) is 5.75 Å². The molecule has 10 heteroatoms. The summed E-state index contributed by atoms with van der Waals surface area (Å²) in [4.78, 5) is 23.9. The Morgan fingerprint density at radius 3 is 2.39 bits per heavy atom. The number of halogens is 2. The van der Waals surface area contributed by atoms with E-state index in [1.54, 1.807) is 0 Å². The zero-order chi connectivity index (χ0) is 20.9. The van der Waals surface area contributed by atoms with Crippen molar-refractivity contribution in [3.05, 3.63) is 58.9 Å². The molecule has 0 aliphatic heterocycles. The molecule has 0 spiro atoms. The summed E-state index contributed by atoms with van der Waals surface area (Å²) < 4.78 is 49.8. The minimum absolute atomic E-state index is 0.0134. The summed E-state index contributed by atoms with van der Waals surface area (Å²) in [6.45, 7) is 0.602. The summed E-state index contributed by atoms with van der Waals surface area (Å²) in [5.41, 5.74) is -0.0134. The van der Waals surface area contributed by atoms with Crippen molar-refractivity contribution in [3.63, 3.8) is 0 Å². The first-order valence-corrected chi connectivity index (χ1v) is 9.81. The van der Waals surface area contributed by atoms with Crippen molar-refractivity contribution in [2.45, 2.75) is 17.9 Å². The number of Topliss-reactive ketones (excluding diaryl/α,β-unsaturated/α-hetero) is 1. The van der Waals surface area contributed by atoms with Gasteiger partial charge in [0.25, 0.3) is 0 Å². The quantitative estimate of drug-likeness (QED) is 0.511. The van der Waals surface area contributed by atoms with E-state index in [4.69, 9.17) is 21.1 Å². The molecule has 0 amide bonds. The van der Waals surface area contributed by atoms with Crippen LogP contribution in [0.3, 0.4) is 0 Å². The molecule has 0 fully saturated rings. The summed E-state index contributed by atoms with van der Waals surface area (Å²) in [6, 6.07) is 7.66. The van der Waals surface area contributed by atoms with Gasteiger partial charge in [-0.1, -0.05) is 11.6 Å². The molecule has 0 saturated carbocycles. The molecule has 0 bridgehead atoms. The molecule has 1 unspecified atom stereocenters. The average molecular weight is 430 g/mol. The maximum absolute atomic E-state index is 13.6. The third kappa shape index (κ3) is 5.51. The number of carbonyl (C=O) groups is 2. The monoisotopic (exact) mass is 429 g/mol. The molecule has 7 nitrogen and oxygen atoms in total. The lowest BCUT2D eigenvalue weighted by molar-refractivity contribution is -0.144. The minimum atomic E-state index is -3.98. The molecular formula is C18H17ClFNO6S. The van der Waals surface area contributed by atoms with Gasteiger partial charge >= 0.3 is 5.97 Å². The van der Waals surface area contributed by atoms with E-state index < -0.39 is 40.2 Å². The molecular weight excluding hydrogens is 413 g/mol. The van der Waals surface area contributed by atoms with E-state index in [9.17, 15) is 22.4 Å². The van der Waals surface area contributed by atoms with E-state index >= 15 is 0 Å². The standard InChI is InChI=1S/C18H17ClFNO6S/c1-11(21-28(24,25)14-6-4-13(19)5-7-14)18(23)27-10-16(22)12-3-8-17(26-2)15(20)9-12/h3-9,11,21H,10H2,1-2H3. The summed E-state index contributed by atoms with van der Waals surface area (Å²) in [5.74, 6) is -2.37. The number of rotatable bonds is 8.